The highest BCUT2D eigenvalue weighted by Crippen LogP contribution is 2.32. The van der Waals surface area contributed by atoms with Crippen LogP contribution >= 0.6 is 23.2 Å². The molecule has 0 saturated carbocycles. The van der Waals surface area contributed by atoms with E-state index in [9.17, 15) is 4.79 Å². The SMILES string of the molecule is [N-]=[N+]=CC(=O)CC(c1ccccc1)c1ccc(Cl)c(Cl)c1. The van der Waals surface area contributed by atoms with Crippen molar-refractivity contribution in [1.29, 1.82) is 0 Å². The first-order valence-corrected chi connectivity index (χ1v) is 7.07. The Labute approximate surface area is 132 Å². The van der Waals surface area contributed by atoms with E-state index < -0.39 is 0 Å². The molecule has 0 N–H and O–H groups in total. The molecule has 0 amide bonds. The Morgan fingerprint density at radius 1 is 1.10 bits per heavy atom. The third-order valence-electron chi connectivity index (χ3n) is 3.16. The van der Waals surface area contributed by atoms with Gasteiger partial charge in [0.2, 0.25) is 5.78 Å². The first-order chi connectivity index (χ1) is 10.1. The summed E-state index contributed by atoms with van der Waals surface area (Å²) in [5.41, 5.74) is 10.3. The summed E-state index contributed by atoms with van der Waals surface area (Å²) in [7, 11) is 0. The van der Waals surface area contributed by atoms with Gasteiger partial charge in [0, 0.05) is 12.3 Å². The van der Waals surface area contributed by atoms with Crippen LogP contribution in [-0.4, -0.2) is 16.8 Å². The molecule has 0 heterocycles. The quantitative estimate of drug-likeness (QED) is 0.458. The Hall–Kier alpha value is -1.93. The van der Waals surface area contributed by atoms with Crippen LogP contribution in [0.5, 0.6) is 0 Å². The van der Waals surface area contributed by atoms with Gasteiger partial charge in [-0.15, -0.1) is 0 Å². The van der Waals surface area contributed by atoms with Gasteiger partial charge in [-0.3, -0.25) is 4.79 Å². The third-order valence-corrected chi connectivity index (χ3v) is 3.89. The average molecular weight is 319 g/mol. The Morgan fingerprint density at radius 3 is 2.43 bits per heavy atom. The molecule has 0 aromatic heterocycles. The lowest BCUT2D eigenvalue weighted by atomic mass is 9.87. The Morgan fingerprint density at radius 2 is 1.81 bits per heavy atom. The average Bonchev–Trinajstić information content (AvgIpc) is 2.49. The highest BCUT2D eigenvalue weighted by Gasteiger charge is 2.19. The van der Waals surface area contributed by atoms with E-state index >= 15 is 0 Å². The number of hydrogen-bond donors (Lipinski definition) is 0. The van der Waals surface area contributed by atoms with Crippen molar-refractivity contribution in [1.82, 2.24) is 0 Å². The van der Waals surface area contributed by atoms with Gasteiger partial charge in [0.1, 0.15) is 0 Å². The molecule has 5 heteroatoms. The van der Waals surface area contributed by atoms with Crippen molar-refractivity contribution in [2.24, 2.45) is 0 Å². The minimum atomic E-state index is -0.266. The van der Waals surface area contributed by atoms with Crippen LogP contribution in [0.25, 0.3) is 5.53 Å². The number of carbonyl (C=O) groups is 1. The lowest BCUT2D eigenvalue weighted by Crippen LogP contribution is -2.10. The van der Waals surface area contributed by atoms with Gasteiger partial charge in [-0.2, -0.15) is 4.79 Å². The van der Waals surface area contributed by atoms with Gasteiger partial charge in [0.15, 0.2) is 0 Å². The monoisotopic (exact) mass is 318 g/mol. The van der Waals surface area contributed by atoms with Gasteiger partial charge in [0.05, 0.1) is 10.0 Å². The first kappa shape index (κ1) is 15.5. The molecule has 106 valence electrons. The summed E-state index contributed by atoms with van der Waals surface area (Å²) in [6.07, 6.45) is 1.10. The molecule has 2 rings (SSSR count). The lowest BCUT2D eigenvalue weighted by molar-refractivity contribution is -0.116. The van der Waals surface area contributed by atoms with E-state index in [2.05, 4.69) is 4.79 Å². The van der Waals surface area contributed by atoms with Crippen LogP contribution in [0, 0.1) is 0 Å². The molecule has 1 atom stereocenters. The second-order valence-electron chi connectivity index (χ2n) is 4.55. The summed E-state index contributed by atoms with van der Waals surface area (Å²) in [6, 6.07) is 14.9. The largest absolute Gasteiger partial charge is 0.361 e. The van der Waals surface area contributed by atoms with Crippen molar-refractivity contribution in [2.45, 2.75) is 12.3 Å². The zero-order chi connectivity index (χ0) is 15.2. The van der Waals surface area contributed by atoms with Crippen molar-refractivity contribution >= 4 is 35.2 Å². The minimum absolute atomic E-state index is 0.175. The van der Waals surface area contributed by atoms with E-state index in [1.54, 1.807) is 12.1 Å². The molecule has 0 fully saturated rings. The molecule has 0 aliphatic carbocycles. The van der Waals surface area contributed by atoms with Crippen LogP contribution in [0.1, 0.15) is 23.5 Å². The zero-order valence-electron chi connectivity index (χ0n) is 11.0. The number of benzene rings is 2. The smallest absolute Gasteiger partial charge is 0.323 e. The number of carbonyl (C=O) groups excluding carboxylic acids is 1. The van der Waals surface area contributed by atoms with Gasteiger partial charge < -0.3 is 5.53 Å². The second kappa shape index (κ2) is 7.19. The first-order valence-electron chi connectivity index (χ1n) is 6.32. The topological polar surface area (TPSA) is 53.5 Å². The predicted molar refractivity (Wildman–Crippen MR) is 84.1 cm³/mol. The molecule has 2 aromatic carbocycles. The molecule has 0 bridgehead atoms. The van der Waals surface area contributed by atoms with Crippen LogP contribution in [-0.2, 0) is 4.79 Å². The van der Waals surface area contributed by atoms with E-state index in [0.717, 1.165) is 17.3 Å². The van der Waals surface area contributed by atoms with E-state index in [4.69, 9.17) is 28.7 Å². The summed E-state index contributed by atoms with van der Waals surface area (Å²) >= 11 is 12.0. The number of ketones is 1. The highest BCUT2D eigenvalue weighted by atomic mass is 35.5. The molecule has 21 heavy (non-hydrogen) atoms. The Balaban J connectivity index is 2.42. The predicted octanol–water partition coefficient (Wildman–Crippen LogP) is 4.39. The number of Topliss-reactive ketones (excluding diaryl/α,β-unsaturated/α-hetero) is 1. The van der Waals surface area contributed by atoms with E-state index in [0.29, 0.717) is 10.0 Å². The van der Waals surface area contributed by atoms with E-state index in [1.165, 1.54) is 0 Å². The van der Waals surface area contributed by atoms with Gasteiger partial charge in [-0.25, -0.2) is 0 Å². The lowest BCUT2D eigenvalue weighted by Gasteiger charge is -2.16. The van der Waals surface area contributed by atoms with E-state index in [-0.39, 0.29) is 18.1 Å². The normalized spacial score (nSPS) is 11.5. The molecule has 0 aliphatic rings. The van der Waals surface area contributed by atoms with Crippen molar-refractivity contribution < 1.29 is 9.58 Å². The van der Waals surface area contributed by atoms with Gasteiger partial charge in [0.25, 0.3) is 0 Å². The van der Waals surface area contributed by atoms with Crippen molar-refractivity contribution in [2.75, 3.05) is 0 Å². The number of rotatable bonds is 5. The van der Waals surface area contributed by atoms with Gasteiger partial charge in [-0.05, 0) is 23.3 Å². The van der Waals surface area contributed by atoms with Crippen LogP contribution in [0.15, 0.2) is 48.5 Å². The molecule has 0 spiro atoms. The fourth-order valence-electron chi connectivity index (χ4n) is 2.16. The van der Waals surface area contributed by atoms with Gasteiger partial charge >= 0.3 is 6.21 Å². The molecule has 0 aliphatic heterocycles. The zero-order valence-corrected chi connectivity index (χ0v) is 12.6. The van der Waals surface area contributed by atoms with Crippen LogP contribution < -0.4 is 0 Å². The summed E-state index contributed by atoms with van der Waals surface area (Å²) in [4.78, 5) is 14.6. The third kappa shape index (κ3) is 4.02. The van der Waals surface area contributed by atoms with Crippen molar-refractivity contribution in [3.8, 4) is 0 Å². The molecule has 2 aromatic rings. The Kier molecular flexibility index (Phi) is 5.29. The fourth-order valence-corrected chi connectivity index (χ4v) is 2.47. The molecule has 0 saturated heterocycles. The molecule has 0 radical (unpaired) electrons. The highest BCUT2D eigenvalue weighted by molar-refractivity contribution is 6.42. The second-order valence-corrected chi connectivity index (χ2v) is 5.37. The summed E-state index contributed by atoms with van der Waals surface area (Å²) < 4.78 is 0. The number of halogens is 2. The molecule has 3 nitrogen and oxygen atoms in total. The molecular formula is C16H12Cl2N2O. The van der Waals surface area contributed by atoms with Crippen molar-refractivity contribution in [3.05, 3.63) is 75.2 Å². The van der Waals surface area contributed by atoms with Crippen LogP contribution in [0.3, 0.4) is 0 Å². The number of hydrogen-bond acceptors (Lipinski definition) is 1. The standard InChI is InChI=1S/C16H12Cl2N2O/c17-15-7-6-12(8-16(15)18)14(9-13(21)10-20-19)11-4-2-1-3-5-11/h1-8,10,14H,9H2. The van der Waals surface area contributed by atoms with Crippen molar-refractivity contribution in [3.63, 3.8) is 0 Å². The van der Waals surface area contributed by atoms with Crippen LogP contribution in [0.4, 0.5) is 0 Å². The summed E-state index contributed by atoms with van der Waals surface area (Å²) in [6.45, 7) is 0. The molecule has 1 unspecified atom stereocenters. The molecular weight excluding hydrogens is 307 g/mol. The Bertz CT molecular complexity index is 695. The van der Waals surface area contributed by atoms with Gasteiger partial charge in [-0.1, -0.05) is 59.6 Å². The van der Waals surface area contributed by atoms with Crippen LogP contribution in [0.2, 0.25) is 10.0 Å². The summed E-state index contributed by atoms with van der Waals surface area (Å²) in [5.74, 6) is -0.441. The van der Waals surface area contributed by atoms with E-state index in [1.807, 2.05) is 36.4 Å². The summed E-state index contributed by atoms with van der Waals surface area (Å²) in [5, 5.41) is 0.911. The maximum absolute atomic E-state index is 11.8. The maximum atomic E-state index is 11.8. The fraction of sp³-hybridized carbons (Fsp3) is 0.125. The minimum Gasteiger partial charge on any atom is -0.361 e. The maximum Gasteiger partial charge on any atom is 0.323 e. The number of nitrogens with zero attached hydrogens (tertiary/aromatic N) is 2.